The maximum Gasteiger partial charge on any atom is 0.235 e. The summed E-state index contributed by atoms with van der Waals surface area (Å²) in [6, 6.07) is 54.6. The third-order valence-corrected chi connectivity index (χ3v) is 8.77. The monoisotopic (exact) mass is 587 g/mol. The minimum atomic E-state index is 0.653. The second-order valence-corrected chi connectivity index (χ2v) is 11.5. The largest absolute Gasteiger partial charge is 0.309 e. The first-order chi connectivity index (χ1) is 22.7. The zero-order chi connectivity index (χ0) is 30.6. The van der Waals surface area contributed by atoms with Crippen LogP contribution in [0, 0.1) is 11.3 Å². The maximum absolute atomic E-state index is 9.67. The Morgan fingerprint density at radius 3 is 1.93 bits per heavy atom. The van der Waals surface area contributed by atoms with Gasteiger partial charge in [-0.2, -0.15) is 5.26 Å². The molecule has 3 heterocycles. The highest BCUT2D eigenvalue weighted by Gasteiger charge is 2.16. The normalized spacial score (nSPS) is 11.5. The number of para-hydroxylation sites is 3. The van der Waals surface area contributed by atoms with Crippen LogP contribution in [0.15, 0.2) is 152 Å². The van der Waals surface area contributed by atoms with Gasteiger partial charge in [0.2, 0.25) is 5.78 Å². The van der Waals surface area contributed by atoms with Crippen molar-refractivity contribution in [1.82, 2.24) is 18.9 Å². The summed E-state index contributed by atoms with van der Waals surface area (Å²) in [6.07, 6.45) is 0. The highest BCUT2D eigenvalue weighted by atomic mass is 15.1. The Morgan fingerprint density at radius 2 is 1.15 bits per heavy atom. The number of hydrogen-bond acceptors (Lipinski definition) is 3. The summed E-state index contributed by atoms with van der Waals surface area (Å²) in [5, 5.41) is 11.9. The number of imidazole rings is 1. The predicted molar refractivity (Wildman–Crippen MR) is 186 cm³/mol. The molecule has 9 rings (SSSR count). The molecule has 0 aliphatic rings. The van der Waals surface area contributed by atoms with Crippen LogP contribution in [-0.4, -0.2) is 18.9 Å². The lowest BCUT2D eigenvalue weighted by Crippen LogP contribution is -1.97. The summed E-state index contributed by atoms with van der Waals surface area (Å²) >= 11 is 0. The molecule has 0 aliphatic carbocycles. The molecular formula is C41H25N5. The molecule has 0 atom stereocenters. The molecule has 0 aliphatic heterocycles. The second-order valence-electron chi connectivity index (χ2n) is 11.5. The summed E-state index contributed by atoms with van der Waals surface area (Å²) in [7, 11) is 0. The second kappa shape index (κ2) is 10.3. The first kappa shape index (κ1) is 25.9. The molecule has 3 aromatic heterocycles. The highest BCUT2D eigenvalue weighted by molar-refractivity contribution is 6.11. The van der Waals surface area contributed by atoms with Crippen molar-refractivity contribution in [2.24, 2.45) is 0 Å². The summed E-state index contributed by atoms with van der Waals surface area (Å²) in [4.78, 5) is 9.83. The van der Waals surface area contributed by atoms with Crippen LogP contribution in [0.2, 0.25) is 0 Å². The molecule has 0 saturated heterocycles. The molecule has 5 nitrogen and oxygen atoms in total. The van der Waals surface area contributed by atoms with E-state index in [9.17, 15) is 5.26 Å². The van der Waals surface area contributed by atoms with Crippen molar-refractivity contribution in [2.75, 3.05) is 0 Å². The fourth-order valence-electron chi connectivity index (χ4n) is 6.59. The number of aromatic nitrogens is 4. The summed E-state index contributed by atoms with van der Waals surface area (Å²) < 4.78 is 4.42. The number of fused-ring (bicyclic) bond motifs is 6. The quantitative estimate of drug-likeness (QED) is 0.206. The molecule has 9 aromatic rings. The molecule has 0 radical (unpaired) electrons. The molecule has 0 amide bonds. The SMILES string of the molecule is N#Cc1ccc2c(c1)c1cc(-c3ccc(-c4cc(-c5ccccc5)nc5nc6ccccc6n45)cc3)ccc1n2-c1ccccc1. The minimum Gasteiger partial charge on any atom is -0.309 e. The average molecular weight is 588 g/mol. The van der Waals surface area contributed by atoms with Crippen LogP contribution >= 0.6 is 0 Å². The average Bonchev–Trinajstić information content (AvgIpc) is 3.67. The van der Waals surface area contributed by atoms with Gasteiger partial charge in [0.1, 0.15) is 0 Å². The molecule has 0 saturated carbocycles. The van der Waals surface area contributed by atoms with Crippen LogP contribution < -0.4 is 0 Å². The lowest BCUT2D eigenvalue weighted by molar-refractivity contribution is 1.14. The van der Waals surface area contributed by atoms with Gasteiger partial charge < -0.3 is 4.57 Å². The van der Waals surface area contributed by atoms with Gasteiger partial charge in [0.15, 0.2) is 0 Å². The van der Waals surface area contributed by atoms with Crippen LogP contribution in [0.25, 0.3) is 77.9 Å². The minimum absolute atomic E-state index is 0.653. The first-order valence-corrected chi connectivity index (χ1v) is 15.2. The molecule has 214 valence electrons. The maximum atomic E-state index is 9.67. The van der Waals surface area contributed by atoms with Crippen molar-refractivity contribution in [1.29, 1.82) is 5.26 Å². The van der Waals surface area contributed by atoms with Gasteiger partial charge in [0.05, 0.1) is 45.1 Å². The third kappa shape index (κ3) is 4.09. The van der Waals surface area contributed by atoms with Crippen LogP contribution in [0.4, 0.5) is 0 Å². The summed E-state index contributed by atoms with van der Waals surface area (Å²) in [6.45, 7) is 0. The molecule has 0 bridgehead atoms. The zero-order valence-electron chi connectivity index (χ0n) is 24.7. The van der Waals surface area contributed by atoms with Gasteiger partial charge >= 0.3 is 0 Å². The molecule has 0 fully saturated rings. The Balaban J connectivity index is 1.20. The number of nitrogens with zero attached hydrogens (tertiary/aromatic N) is 5. The van der Waals surface area contributed by atoms with E-state index in [-0.39, 0.29) is 0 Å². The van der Waals surface area contributed by atoms with Crippen molar-refractivity contribution in [3.8, 4) is 45.4 Å². The topological polar surface area (TPSA) is 58.9 Å². The fourth-order valence-corrected chi connectivity index (χ4v) is 6.59. The number of hydrogen-bond donors (Lipinski definition) is 0. The lowest BCUT2D eigenvalue weighted by atomic mass is 10.00. The molecule has 6 aromatic carbocycles. The smallest absolute Gasteiger partial charge is 0.235 e. The molecule has 0 N–H and O–H groups in total. The van der Waals surface area contributed by atoms with Crippen LogP contribution in [0.5, 0.6) is 0 Å². The zero-order valence-corrected chi connectivity index (χ0v) is 24.7. The molecule has 5 heteroatoms. The van der Waals surface area contributed by atoms with Crippen molar-refractivity contribution in [3.63, 3.8) is 0 Å². The van der Waals surface area contributed by atoms with Crippen molar-refractivity contribution >= 4 is 38.6 Å². The number of benzene rings is 6. The van der Waals surface area contributed by atoms with Gasteiger partial charge in [-0.25, -0.2) is 9.97 Å². The van der Waals surface area contributed by atoms with Crippen LogP contribution in [-0.2, 0) is 0 Å². The van der Waals surface area contributed by atoms with E-state index >= 15 is 0 Å². The molecular weight excluding hydrogens is 562 g/mol. The van der Waals surface area contributed by atoms with E-state index in [0.29, 0.717) is 11.3 Å². The number of nitriles is 1. The highest BCUT2D eigenvalue weighted by Crippen LogP contribution is 2.36. The standard InChI is InChI=1S/C41H25N5/c42-26-27-15-21-37-33(23-27)34-24-31(20-22-38(34)45(37)32-11-5-2-6-12-32)28-16-18-30(19-17-28)40-25-36(29-9-3-1-4-10-29)44-41-43-35-13-7-8-14-39(35)46(40)41/h1-25H. The van der Waals surface area contributed by atoms with E-state index in [1.165, 1.54) is 0 Å². The summed E-state index contributed by atoms with van der Waals surface area (Å²) in [5.74, 6) is 0.679. The van der Waals surface area contributed by atoms with Gasteiger partial charge in [-0.1, -0.05) is 91.0 Å². The van der Waals surface area contributed by atoms with E-state index in [1.54, 1.807) is 0 Å². The van der Waals surface area contributed by atoms with Crippen LogP contribution in [0.3, 0.4) is 0 Å². The predicted octanol–water partition coefficient (Wildman–Crippen LogP) is 9.85. The van der Waals surface area contributed by atoms with Gasteiger partial charge in [-0.15, -0.1) is 0 Å². The van der Waals surface area contributed by atoms with Gasteiger partial charge in [0, 0.05) is 22.0 Å². The molecule has 46 heavy (non-hydrogen) atoms. The van der Waals surface area contributed by atoms with E-state index in [2.05, 4.69) is 106 Å². The number of rotatable bonds is 4. The Morgan fingerprint density at radius 1 is 0.500 bits per heavy atom. The Kier molecular flexibility index (Phi) is 5.81. The van der Waals surface area contributed by atoms with Crippen LogP contribution in [0.1, 0.15) is 5.56 Å². The Hall–Kier alpha value is -6.51. The Bertz CT molecular complexity index is 2620. The lowest BCUT2D eigenvalue weighted by Gasteiger charge is -2.11. The van der Waals surface area contributed by atoms with Crippen molar-refractivity contribution < 1.29 is 0 Å². The van der Waals surface area contributed by atoms with E-state index in [4.69, 9.17) is 9.97 Å². The van der Waals surface area contributed by atoms with E-state index < -0.39 is 0 Å². The Labute approximate surface area is 264 Å². The fraction of sp³-hybridized carbons (Fsp3) is 0. The van der Waals surface area contributed by atoms with Gasteiger partial charge in [-0.3, -0.25) is 4.40 Å². The molecule has 0 unspecified atom stereocenters. The molecule has 0 spiro atoms. The van der Waals surface area contributed by atoms with Gasteiger partial charge in [-0.05, 0) is 77.4 Å². The van der Waals surface area contributed by atoms with Gasteiger partial charge in [0.25, 0.3) is 0 Å². The first-order valence-electron chi connectivity index (χ1n) is 15.2. The summed E-state index contributed by atoms with van der Waals surface area (Å²) in [5.41, 5.74) is 12.2. The van der Waals surface area contributed by atoms with Crippen molar-refractivity contribution in [3.05, 3.63) is 157 Å². The van der Waals surface area contributed by atoms with E-state index in [1.807, 2.05) is 60.7 Å². The third-order valence-electron chi connectivity index (χ3n) is 8.77. The van der Waals surface area contributed by atoms with E-state index in [0.717, 1.165) is 72.2 Å². The van der Waals surface area contributed by atoms with Crippen molar-refractivity contribution in [2.45, 2.75) is 0 Å².